The molecule has 94 valence electrons. The minimum Gasteiger partial charge on any atom is -0.495 e. The predicted molar refractivity (Wildman–Crippen MR) is 74.8 cm³/mol. The van der Waals surface area contributed by atoms with Crippen molar-refractivity contribution in [2.45, 2.75) is 6.42 Å². The van der Waals surface area contributed by atoms with Crippen LogP contribution in [0.3, 0.4) is 0 Å². The smallest absolute Gasteiger partial charge is 0.170 e. The van der Waals surface area contributed by atoms with Gasteiger partial charge >= 0.3 is 0 Å². The fourth-order valence-electron chi connectivity index (χ4n) is 1.67. The number of ketones is 1. The van der Waals surface area contributed by atoms with E-state index in [0.717, 1.165) is 4.88 Å². The topological polar surface area (TPSA) is 52.3 Å². The van der Waals surface area contributed by atoms with E-state index in [1.54, 1.807) is 24.3 Å². The van der Waals surface area contributed by atoms with Crippen molar-refractivity contribution in [2.24, 2.45) is 0 Å². The van der Waals surface area contributed by atoms with Crippen LogP contribution in [0.1, 0.15) is 15.2 Å². The fourth-order valence-corrected chi connectivity index (χ4v) is 2.75. The molecule has 0 bridgehead atoms. The lowest BCUT2D eigenvalue weighted by Gasteiger charge is -2.08. The molecule has 5 heteroatoms. The van der Waals surface area contributed by atoms with Crippen LogP contribution in [0.2, 0.25) is 4.34 Å². The molecular formula is C13H12ClNO2S. The number of ether oxygens (including phenoxy) is 1. The summed E-state index contributed by atoms with van der Waals surface area (Å²) in [7, 11) is 1.53. The van der Waals surface area contributed by atoms with E-state index in [9.17, 15) is 4.79 Å². The Morgan fingerprint density at radius 2 is 2.17 bits per heavy atom. The lowest BCUT2D eigenvalue weighted by atomic mass is 10.1. The Kier molecular flexibility index (Phi) is 3.89. The van der Waals surface area contributed by atoms with Crippen molar-refractivity contribution in [1.29, 1.82) is 0 Å². The zero-order valence-electron chi connectivity index (χ0n) is 9.77. The first-order chi connectivity index (χ1) is 8.61. The number of benzene rings is 1. The van der Waals surface area contributed by atoms with Crippen molar-refractivity contribution in [3.8, 4) is 5.75 Å². The zero-order valence-corrected chi connectivity index (χ0v) is 11.3. The monoisotopic (exact) mass is 281 g/mol. The summed E-state index contributed by atoms with van der Waals surface area (Å²) in [5, 5.41) is 0. The number of rotatable bonds is 4. The summed E-state index contributed by atoms with van der Waals surface area (Å²) in [4.78, 5) is 13.1. The molecule has 0 unspecified atom stereocenters. The highest BCUT2D eigenvalue weighted by atomic mass is 35.5. The quantitative estimate of drug-likeness (QED) is 0.690. The maximum absolute atomic E-state index is 12.1. The SMILES string of the molecule is COc1cccc(C(=O)Cc2ccc(Cl)s2)c1N. The van der Waals surface area contributed by atoms with Crippen LogP contribution in [0, 0.1) is 0 Å². The summed E-state index contributed by atoms with van der Waals surface area (Å²) in [6.45, 7) is 0. The summed E-state index contributed by atoms with van der Waals surface area (Å²) in [5.74, 6) is 0.481. The number of anilines is 1. The van der Waals surface area contributed by atoms with Crippen LogP contribution in [-0.4, -0.2) is 12.9 Å². The van der Waals surface area contributed by atoms with Crippen LogP contribution in [-0.2, 0) is 6.42 Å². The molecule has 0 radical (unpaired) electrons. The molecule has 2 N–H and O–H groups in total. The van der Waals surface area contributed by atoms with Gasteiger partial charge in [-0.25, -0.2) is 0 Å². The number of carbonyl (C=O) groups excluding carboxylic acids is 1. The van der Waals surface area contributed by atoms with Gasteiger partial charge in [0.1, 0.15) is 5.75 Å². The third-order valence-corrected chi connectivity index (χ3v) is 3.78. The second-order valence-electron chi connectivity index (χ2n) is 3.73. The first-order valence-corrected chi connectivity index (χ1v) is 6.51. The number of thiophene rings is 1. The summed E-state index contributed by atoms with van der Waals surface area (Å²) in [6.07, 6.45) is 0.300. The Morgan fingerprint density at radius 1 is 1.39 bits per heavy atom. The van der Waals surface area contributed by atoms with Crippen molar-refractivity contribution < 1.29 is 9.53 Å². The Labute approximate surface area is 114 Å². The Hall–Kier alpha value is -1.52. The summed E-state index contributed by atoms with van der Waals surface area (Å²) >= 11 is 7.23. The molecule has 2 aromatic rings. The largest absolute Gasteiger partial charge is 0.495 e. The number of para-hydroxylation sites is 1. The summed E-state index contributed by atoms with van der Waals surface area (Å²) in [5.41, 5.74) is 6.75. The highest BCUT2D eigenvalue weighted by molar-refractivity contribution is 7.16. The maximum atomic E-state index is 12.1. The molecule has 0 fully saturated rings. The number of Topliss-reactive ketones (excluding diaryl/α,β-unsaturated/α-hetero) is 1. The molecule has 1 aromatic carbocycles. The van der Waals surface area contributed by atoms with Crippen LogP contribution >= 0.6 is 22.9 Å². The summed E-state index contributed by atoms with van der Waals surface area (Å²) in [6, 6.07) is 8.82. The number of hydrogen-bond donors (Lipinski definition) is 1. The van der Waals surface area contributed by atoms with E-state index in [2.05, 4.69) is 0 Å². The van der Waals surface area contributed by atoms with Gasteiger partial charge in [-0.2, -0.15) is 0 Å². The van der Waals surface area contributed by atoms with Crippen LogP contribution in [0.15, 0.2) is 30.3 Å². The molecule has 3 nitrogen and oxygen atoms in total. The molecule has 0 saturated heterocycles. The highest BCUT2D eigenvalue weighted by Gasteiger charge is 2.14. The molecule has 0 amide bonds. The van der Waals surface area contributed by atoms with Crippen LogP contribution < -0.4 is 10.5 Å². The molecule has 2 rings (SSSR count). The van der Waals surface area contributed by atoms with Gasteiger partial charge in [-0.1, -0.05) is 17.7 Å². The number of methoxy groups -OCH3 is 1. The Morgan fingerprint density at radius 3 is 2.78 bits per heavy atom. The van der Waals surface area contributed by atoms with Gasteiger partial charge < -0.3 is 10.5 Å². The Bertz CT molecular complexity index is 580. The van der Waals surface area contributed by atoms with E-state index >= 15 is 0 Å². The average molecular weight is 282 g/mol. The van der Waals surface area contributed by atoms with Gasteiger partial charge in [0.2, 0.25) is 0 Å². The minimum atomic E-state index is -0.0371. The van der Waals surface area contributed by atoms with Gasteiger partial charge in [0.15, 0.2) is 5.78 Å². The van der Waals surface area contributed by atoms with Crippen LogP contribution in [0.5, 0.6) is 5.75 Å². The Balaban J connectivity index is 2.24. The van der Waals surface area contributed by atoms with Gasteiger partial charge in [-0.15, -0.1) is 11.3 Å². The molecular weight excluding hydrogens is 270 g/mol. The molecule has 0 atom stereocenters. The van der Waals surface area contributed by atoms with Crippen LogP contribution in [0.4, 0.5) is 5.69 Å². The van der Waals surface area contributed by atoms with Gasteiger partial charge in [-0.05, 0) is 24.3 Å². The third kappa shape index (κ3) is 2.66. The van der Waals surface area contributed by atoms with Gasteiger partial charge in [0.05, 0.1) is 17.1 Å². The first-order valence-electron chi connectivity index (χ1n) is 5.31. The van der Waals surface area contributed by atoms with E-state index in [1.807, 2.05) is 6.07 Å². The molecule has 0 saturated carbocycles. The number of nitrogens with two attached hydrogens (primary N) is 1. The molecule has 1 aromatic heterocycles. The zero-order chi connectivity index (χ0) is 13.1. The number of nitrogen functional groups attached to an aromatic ring is 1. The van der Waals surface area contributed by atoms with E-state index in [-0.39, 0.29) is 5.78 Å². The molecule has 0 aliphatic rings. The molecule has 1 heterocycles. The second kappa shape index (κ2) is 5.42. The fraction of sp³-hybridized carbons (Fsp3) is 0.154. The molecule has 0 aliphatic carbocycles. The maximum Gasteiger partial charge on any atom is 0.170 e. The van der Waals surface area contributed by atoms with E-state index in [1.165, 1.54) is 18.4 Å². The van der Waals surface area contributed by atoms with E-state index in [0.29, 0.717) is 27.8 Å². The first kappa shape index (κ1) is 12.9. The van der Waals surface area contributed by atoms with E-state index in [4.69, 9.17) is 22.1 Å². The minimum absolute atomic E-state index is 0.0371. The van der Waals surface area contributed by atoms with Gasteiger partial charge in [0, 0.05) is 16.9 Å². The highest BCUT2D eigenvalue weighted by Crippen LogP contribution is 2.27. The average Bonchev–Trinajstić information content (AvgIpc) is 2.75. The van der Waals surface area contributed by atoms with Crippen molar-refractivity contribution in [3.05, 3.63) is 45.1 Å². The van der Waals surface area contributed by atoms with Crippen molar-refractivity contribution in [2.75, 3.05) is 12.8 Å². The normalized spacial score (nSPS) is 10.3. The lowest BCUT2D eigenvalue weighted by molar-refractivity contribution is 0.0994. The second-order valence-corrected chi connectivity index (χ2v) is 5.53. The number of halogens is 1. The standard InChI is InChI=1S/C13H12ClNO2S/c1-17-11-4-2-3-9(13(11)15)10(16)7-8-5-6-12(14)18-8/h2-6H,7,15H2,1H3. The molecule has 0 spiro atoms. The van der Waals surface area contributed by atoms with Gasteiger partial charge in [-0.3, -0.25) is 4.79 Å². The molecule has 0 aliphatic heterocycles. The van der Waals surface area contributed by atoms with Crippen LogP contribution in [0.25, 0.3) is 0 Å². The summed E-state index contributed by atoms with van der Waals surface area (Å²) < 4.78 is 5.77. The number of carbonyl (C=O) groups is 1. The third-order valence-electron chi connectivity index (χ3n) is 2.55. The molecule has 18 heavy (non-hydrogen) atoms. The van der Waals surface area contributed by atoms with Crippen molar-refractivity contribution >= 4 is 34.4 Å². The van der Waals surface area contributed by atoms with E-state index < -0.39 is 0 Å². The number of hydrogen-bond acceptors (Lipinski definition) is 4. The predicted octanol–water partition coefficient (Wildman–Crippen LogP) is 3.42. The lowest BCUT2D eigenvalue weighted by Crippen LogP contribution is -2.07. The van der Waals surface area contributed by atoms with Crippen molar-refractivity contribution in [3.63, 3.8) is 0 Å². The van der Waals surface area contributed by atoms with Crippen molar-refractivity contribution in [1.82, 2.24) is 0 Å². The van der Waals surface area contributed by atoms with Gasteiger partial charge in [0.25, 0.3) is 0 Å².